The number of rotatable bonds is 19. The molecule has 1 aliphatic heterocycles. The van der Waals surface area contributed by atoms with Crippen molar-refractivity contribution in [3.8, 4) is 0 Å². The van der Waals surface area contributed by atoms with Crippen LogP contribution in [0.2, 0.25) is 0 Å². The fourth-order valence-electron chi connectivity index (χ4n) is 4.88. The van der Waals surface area contributed by atoms with Gasteiger partial charge in [-0.15, -0.1) is 0 Å². The van der Waals surface area contributed by atoms with Crippen LogP contribution >= 0.6 is 7.82 Å². The van der Waals surface area contributed by atoms with Crippen LogP contribution in [0.1, 0.15) is 96.8 Å². The highest BCUT2D eigenvalue weighted by Crippen LogP contribution is 2.43. The van der Waals surface area contributed by atoms with Crippen molar-refractivity contribution in [1.82, 2.24) is 0 Å². The Morgan fingerprint density at radius 3 is 2.20 bits per heavy atom. The molecule has 0 amide bonds. The summed E-state index contributed by atoms with van der Waals surface area (Å²) in [6.07, 6.45) is 20.5. The first-order valence-electron chi connectivity index (χ1n) is 14.3. The summed E-state index contributed by atoms with van der Waals surface area (Å²) in [4.78, 5) is 9.91. The van der Waals surface area contributed by atoms with Gasteiger partial charge in [0, 0.05) is 0 Å². The van der Waals surface area contributed by atoms with Crippen LogP contribution in [-0.4, -0.2) is 75.2 Å². The first-order chi connectivity index (χ1) is 16.9. The number of unbranched alkanes of at least 4 members (excludes halogenated alkanes) is 9. The maximum Gasteiger partial charge on any atom is 0.472 e. The zero-order valence-electron chi connectivity index (χ0n) is 22.6. The highest BCUT2D eigenvalue weighted by atomic mass is 31.2. The molecule has 2 fully saturated rings. The van der Waals surface area contributed by atoms with Gasteiger partial charge in [-0.2, -0.15) is 0 Å². The molecule has 0 aromatic carbocycles. The number of likely N-dealkylation sites (N-methyl/N-ethyl adjacent to an activating group) is 1. The zero-order chi connectivity index (χ0) is 25.2. The van der Waals surface area contributed by atoms with Crippen LogP contribution in [0.5, 0.6) is 0 Å². The molecule has 0 aromatic rings. The van der Waals surface area contributed by atoms with Gasteiger partial charge in [0.15, 0.2) is 0 Å². The molecule has 1 N–H and O–H groups in total. The molecule has 35 heavy (non-hydrogen) atoms. The molecule has 1 aliphatic carbocycles. The molecule has 2 rings (SSSR count). The van der Waals surface area contributed by atoms with Crippen LogP contribution in [0.4, 0.5) is 0 Å². The van der Waals surface area contributed by atoms with Crippen molar-refractivity contribution in [3.05, 3.63) is 11.6 Å². The van der Waals surface area contributed by atoms with Crippen molar-refractivity contribution in [2.24, 2.45) is 0 Å². The van der Waals surface area contributed by atoms with Gasteiger partial charge in [-0.25, -0.2) is 4.57 Å². The highest BCUT2D eigenvalue weighted by molar-refractivity contribution is 7.47. The van der Waals surface area contributed by atoms with E-state index in [9.17, 15) is 9.46 Å². The number of phosphoric ester groups is 1. The van der Waals surface area contributed by atoms with Crippen LogP contribution in [-0.2, 0) is 23.1 Å². The molecule has 1 heterocycles. The van der Waals surface area contributed by atoms with Gasteiger partial charge in [-0.05, 0) is 38.5 Å². The molecule has 0 spiro atoms. The van der Waals surface area contributed by atoms with Crippen molar-refractivity contribution in [3.63, 3.8) is 0 Å². The SMILES string of the molecule is CCCCCCCCCCCC=C1CCC(OCCOP(=O)(O)OCC[N+]2(C)CCOCC2)CC1. The van der Waals surface area contributed by atoms with Crippen molar-refractivity contribution >= 4 is 7.82 Å². The second-order valence-corrected chi connectivity index (χ2v) is 12.0. The molecule has 7 nitrogen and oxygen atoms in total. The number of hydrogen-bond acceptors (Lipinski definition) is 5. The van der Waals surface area contributed by atoms with Crippen molar-refractivity contribution in [1.29, 1.82) is 0 Å². The molecule has 2 aliphatic rings. The molecule has 0 radical (unpaired) electrons. The van der Waals surface area contributed by atoms with Crippen LogP contribution in [0.3, 0.4) is 0 Å². The summed E-state index contributed by atoms with van der Waals surface area (Å²) >= 11 is 0. The third kappa shape index (κ3) is 14.9. The third-order valence-corrected chi connectivity index (χ3v) is 8.46. The predicted molar refractivity (Wildman–Crippen MR) is 141 cm³/mol. The first kappa shape index (κ1) is 31.0. The number of morpholine rings is 1. The van der Waals surface area contributed by atoms with E-state index in [1.165, 1.54) is 64.2 Å². The lowest BCUT2D eigenvalue weighted by atomic mass is 9.91. The summed E-state index contributed by atoms with van der Waals surface area (Å²) in [5, 5.41) is 0. The minimum absolute atomic E-state index is 0.0749. The molecule has 8 heteroatoms. The predicted octanol–water partition coefficient (Wildman–Crippen LogP) is 6.40. The lowest BCUT2D eigenvalue weighted by Crippen LogP contribution is -2.53. The summed E-state index contributed by atoms with van der Waals surface area (Å²) in [5.74, 6) is 0. The highest BCUT2D eigenvalue weighted by Gasteiger charge is 2.28. The van der Waals surface area contributed by atoms with E-state index < -0.39 is 7.82 Å². The number of ether oxygens (including phenoxy) is 2. The lowest BCUT2D eigenvalue weighted by molar-refractivity contribution is -0.916. The maximum atomic E-state index is 12.1. The second-order valence-electron chi connectivity index (χ2n) is 10.6. The van der Waals surface area contributed by atoms with Gasteiger partial charge in [-0.1, -0.05) is 69.9 Å². The zero-order valence-corrected chi connectivity index (χ0v) is 23.5. The minimum Gasteiger partial charge on any atom is -0.376 e. The smallest absolute Gasteiger partial charge is 0.376 e. The van der Waals surface area contributed by atoms with Gasteiger partial charge in [0.25, 0.3) is 0 Å². The van der Waals surface area contributed by atoms with Gasteiger partial charge in [0.05, 0.1) is 39.6 Å². The largest absolute Gasteiger partial charge is 0.472 e. The molecule has 1 saturated carbocycles. The Balaban J connectivity index is 1.44. The molecule has 1 atom stereocenters. The average molecular weight is 519 g/mol. The Hall–Kier alpha value is -0.270. The molecular formula is C27H53NO6P+. The number of nitrogens with zero attached hydrogens (tertiary/aromatic N) is 1. The van der Waals surface area contributed by atoms with E-state index in [1.807, 2.05) is 0 Å². The minimum atomic E-state index is -4.03. The molecule has 0 aromatic heterocycles. The topological polar surface area (TPSA) is 74.2 Å². The van der Waals surface area contributed by atoms with Gasteiger partial charge in [0.2, 0.25) is 0 Å². The Bertz CT molecular complexity index is 613. The number of allylic oxidation sites excluding steroid dienone is 2. The molecule has 1 unspecified atom stereocenters. The number of quaternary nitrogens is 1. The monoisotopic (exact) mass is 518 g/mol. The van der Waals surface area contributed by atoms with E-state index in [1.54, 1.807) is 5.57 Å². The summed E-state index contributed by atoms with van der Waals surface area (Å²) in [6, 6.07) is 0. The van der Waals surface area contributed by atoms with E-state index in [2.05, 4.69) is 20.0 Å². The summed E-state index contributed by atoms with van der Waals surface area (Å²) < 4.78 is 34.4. The van der Waals surface area contributed by atoms with E-state index in [0.717, 1.165) is 56.5 Å². The number of phosphoric acid groups is 1. The summed E-state index contributed by atoms with van der Waals surface area (Å²) in [5.41, 5.74) is 1.57. The van der Waals surface area contributed by atoms with Crippen LogP contribution in [0, 0.1) is 0 Å². The lowest BCUT2D eigenvalue weighted by Gasteiger charge is -2.37. The second kappa shape index (κ2) is 18.1. The Morgan fingerprint density at radius 1 is 0.943 bits per heavy atom. The Labute approximate surface area is 214 Å². The van der Waals surface area contributed by atoms with Crippen molar-refractivity contribution in [2.45, 2.75) is 103 Å². The van der Waals surface area contributed by atoms with Crippen molar-refractivity contribution < 1.29 is 32.5 Å². The summed E-state index contributed by atoms with van der Waals surface area (Å²) in [7, 11) is -1.91. The first-order valence-corrected chi connectivity index (χ1v) is 15.7. The standard InChI is InChI=1S/C27H52NO6P/c1-3-4-5-6-7-8-9-10-11-12-13-26-14-16-27(17-15-26)32-24-25-34-35(29,30)33-23-20-28(2)18-21-31-22-19-28/h13,27H,3-12,14-25H2,1-2H3/p+1. The molecule has 0 bridgehead atoms. The number of hydrogen-bond donors (Lipinski definition) is 1. The molecule has 1 saturated heterocycles. The van der Waals surface area contributed by atoms with Crippen molar-refractivity contribution in [2.75, 3.05) is 59.7 Å². The van der Waals surface area contributed by atoms with E-state index in [-0.39, 0.29) is 19.3 Å². The molecule has 206 valence electrons. The van der Waals surface area contributed by atoms with Gasteiger partial charge < -0.3 is 18.9 Å². The van der Waals surface area contributed by atoms with E-state index in [4.69, 9.17) is 18.5 Å². The quantitative estimate of drug-likeness (QED) is 0.0923. The van der Waals surface area contributed by atoms with Gasteiger partial charge in [0.1, 0.15) is 26.2 Å². The summed E-state index contributed by atoms with van der Waals surface area (Å²) in [6.45, 7) is 6.77. The fraction of sp³-hybridized carbons (Fsp3) is 0.926. The fourth-order valence-corrected chi connectivity index (χ4v) is 5.57. The van der Waals surface area contributed by atoms with E-state index in [0.29, 0.717) is 13.2 Å². The van der Waals surface area contributed by atoms with Crippen LogP contribution < -0.4 is 0 Å². The normalized spacial score (nSPS) is 22.1. The van der Waals surface area contributed by atoms with Gasteiger partial charge >= 0.3 is 7.82 Å². The average Bonchev–Trinajstić information content (AvgIpc) is 2.84. The third-order valence-electron chi connectivity index (χ3n) is 7.44. The Kier molecular flexibility index (Phi) is 16.0. The van der Waals surface area contributed by atoms with Gasteiger partial charge in [-0.3, -0.25) is 9.05 Å². The van der Waals surface area contributed by atoms with Crippen LogP contribution in [0.15, 0.2) is 11.6 Å². The van der Waals surface area contributed by atoms with Crippen LogP contribution in [0.25, 0.3) is 0 Å². The maximum absolute atomic E-state index is 12.1. The Morgan fingerprint density at radius 2 is 1.54 bits per heavy atom. The molecular weight excluding hydrogens is 465 g/mol. The van der Waals surface area contributed by atoms with E-state index >= 15 is 0 Å².